The summed E-state index contributed by atoms with van der Waals surface area (Å²) in [6.45, 7) is 9.32. The van der Waals surface area contributed by atoms with E-state index in [1.807, 2.05) is 13.8 Å². The van der Waals surface area contributed by atoms with E-state index in [1.165, 1.54) is 32.6 Å². The van der Waals surface area contributed by atoms with Crippen molar-refractivity contribution in [2.45, 2.75) is 27.7 Å². The van der Waals surface area contributed by atoms with Crippen LogP contribution in [0.2, 0.25) is 0 Å². The zero-order chi connectivity index (χ0) is 9.84. The molecule has 0 saturated carbocycles. The van der Waals surface area contributed by atoms with Crippen molar-refractivity contribution in [3.63, 3.8) is 0 Å². The molecule has 0 N–H and O–H groups in total. The first-order valence-electron chi connectivity index (χ1n) is 5.63. The van der Waals surface area contributed by atoms with E-state index in [2.05, 4.69) is 23.9 Å². The summed E-state index contributed by atoms with van der Waals surface area (Å²) in [4.78, 5) is 4.95. The zero-order valence-corrected chi connectivity index (χ0v) is 9.58. The normalized spacial score (nSPS) is 32.6. The highest BCUT2D eigenvalue weighted by atomic mass is 15.2. The van der Waals surface area contributed by atoms with Gasteiger partial charge in [-0.1, -0.05) is 21.3 Å². The fourth-order valence-electron chi connectivity index (χ4n) is 2.58. The van der Waals surface area contributed by atoms with Crippen LogP contribution < -0.4 is 0 Å². The topological polar surface area (TPSA) is 6.48 Å². The minimum Gasteiger partial charge on any atom is -0.306 e. The highest BCUT2D eigenvalue weighted by Gasteiger charge is 2.34. The maximum atomic E-state index is 2.48. The summed E-state index contributed by atoms with van der Waals surface area (Å²) >= 11 is 0. The van der Waals surface area contributed by atoms with Crippen LogP contribution in [0.15, 0.2) is 0 Å². The van der Waals surface area contributed by atoms with Crippen molar-refractivity contribution in [2.75, 3.05) is 40.3 Å². The second-order valence-electron chi connectivity index (χ2n) is 4.29. The molecule has 2 nitrogen and oxygen atoms in total. The molecule has 0 amide bonds. The molecule has 0 radical (unpaired) electrons. The minimum absolute atomic E-state index is 0. The largest absolute Gasteiger partial charge is 0.306 e. The van der Waals surface area contributed by atoms with Gasteiger partial charge in [0.15, 0.2) is 0 Å². The van der Waals surface area contributed by atoms with Crippen molar-refractivity contribution in [3.05, 3.63) is 0 Å². The van der Waals surface area contributed by atoms with Crippen LogP contribution in [0.25, 0.3) is 0 Å². The molecule has 86 valence electrons. The molecule has 0 bridgehead atoms. The van der Waals surface area contributed by atoms with Gasteiger partial charge in [-0.15, -0.1) is 0 Å². The van der Waals surface area contributed by atoms with E-state index in [0.29, 0.717) is 0 Å². The molecule has 2 saturated heterocycles. The molecule has 2 atom stereocenters. The van der Waals surface area contributed by atoms with Crippen LogP contribution in [0.5, 0.6) is 0 Å². The number of hydrogen-bond donors (Lipinski definition) is 0. The van der Waals surface area contributed by atoms with Crippen LogP contribution in [-0.2, 0) is 0 Å². The SMILES string of the molecule is C.CC.CN1CCC2CN(C)CC2C1. The van der Waals surface area contributed by atoms with Crippen molar-refractivity contribution in [1.29, 1.82) is 0 Å². The van der Waals surface area contributed by atoms with Crippen LogP contribution in [-0.4, -0.2) is 50.1 Å². The van der Waals surface area contributed by atoms with Crippen LogP contribution >= 0.6 is 0 Å². The lowest BCUT2D eigenvalue weighted by molar-refractivity contribution is 0.178. The molecule has 14 heavy (non-hydrogen) atoms. The van der Waals surface area contributed by atoms with Gasteiger partial charge in [-0.2, -0.15) is 0 Å². The first kappa shape index (κ1) is 13.9. The zero-order valence-electron chi connectivity index (χ0n) is 9.58. The predicted octanol–water partition coefficient (Wildman–Crippen LogP) is 2.16. The van der Waals surface area contributed by atoms with Crippen LogP contribution in [0.3, 0.4) is 0 Å². The summed E-state index contributed by atoms with van der Waals surface area (Å²) in [5.74, 6) is 1.98. The molecule has 2 heterocycles. The summed E-state index contributed by atoms with van der Waals surface area (Å²) in [7, 11) is 4.49. The number of likely N-dealkylation sites (tertiary alicyclic amines) is 2. The quantitative estimate of drug-likeness (QED) is 0.591. The molecule has 2 aliphatic rings. The Bertz CT molecular complexity index is 147. The molecular weight excluding hydrogens is 172 g/mol. The van der Waals surface area contributed by atoms with E-state index >= 15 is 0 Å². The van der Waals surface area contributed by atoms with Crippen molar-refractivity contribution >= 4 is 0 Å². The van der Waals surface area contributed by atoms with Crippen molar-refractivity contribution in [3.8, 4) is 0 Å². The molecule has 0 aromatic rings. The van der Waals surface area contributed by atoms with Crippen LogP contribution in [0, 0.1) is 11.8 Å². The van der Waals surface area contributed by atoms with Gasteiger partial charge in [0.05, 0.1) is 0 Å². The van der Waals surface area contributed by atoms with E-state index in [1.54, 1.807) is 0 Å². The number of hydrogen-bond acceptors (Lipinski definition) is 2. The smallest absolute Gasteiger partial charge is 0.00221 e. The van der Waals surface area contributed by atoms with Gasteiger partial charge in [0.25, 0.3) is 0 Å². The summed E-state index contributed by atoms with van der Waals surface area (Å²) in [5, 5.41) is 0. The van der Waals surface area contributed by atoms with Gasteiger partial charge in [-0.3, -0.25) is 0 Å². The van der Waals surface area contributed by atoms with E-state index in [-0.39, 0.29) is 7.43 Å². The first-order chi connectivity index (χ1) is 6.25. The summed E-state index contributed by atoms with van der Waals surface area (Å²) in [5.41, 5.74) is 0. The Morgan fingerprint density at radius 3 is 2.00 bits per heavy atom. The molecule has 2 fully saturated rings. The van der Waals surface area contributed by atoms with Gasteiger partial charge in [0.1, 0.15) is 0 Å². The van der Waals surface area contributed by atoms with Gasteiger partial charge in [0, 0.05) is 19.6 Å². The van der Waals surface area contributed by atoms with Crippen molar-refractivity contribution in [1.82, 2.24) is 9.80 Å². The monoisotopic (exact) mass is 200 g/mol. The van der Waals surface area contributed by atoms with Gasteiger partial charge >= 0.3 is 0 Å². The third-order valence-corrected chi connectivity index (χ3v) is 3.19. The van der Waals surface area contributed by atoms with Gasteiger partial charge in [-0.05, 0) is 38.9 Å². The molecule has 2 aliphatic heterocycles. The Morgan fingerprint density at radius 2 is 1.36 bits per heavy atom. The lowest BCUT2D eigenvalue weighted by atomic mass is 9.89. The number of nitrogens with zero attached hydrogens (tertiary/aromatic N) is 2. The summed E-state index contributed by atoms with van der Waals surface area (Å²) in [6, 6.07) is 0. The Balaban J connectivity index is 0.000000531. The predicted molar refractivity (Wildman–Crippen MR) is 64.7 cm³/mol. The van der Waals surface area contributed by atoms with Gasteiger partial charge in [-0.25, -0.2) is 0 Å². The van der Waals surface area contributed by atoms with Crippen LogP contribution in [0.1, 0.15) is 27.7 Å². The number of rotatable bonds is 0. The molecule has 2 unspecified atom stereocenters. The standard InChI is InChI=1S/C9H18N2.C2H6.CH4/c1-10-4-3-8-5-11(2)7-9(8)6-10;1-2;/h8-9H,3-7H2,1-2H3;1-2H3;1H4. The summed E-state index contributed by atoms with van der Waals surface area (Å²) < 4.78 is 0. The Kier molecular flexibility index (Phi) is 6.38. The van der Waals surface area contributed by atoms with Crippen LogP contribution in [0.4, 0.5) is 0 Å². The van der Waals surface area contributed by atoms with E-state index in [4.69, 9.17) is 0 Å². The maximum absolute atomic E-state index is 2.48. The fourth-order valence-corrected chi connectivity index (χ4v) is 2.58. The molecule has 0 aromatic carbocycles. The van der Waals surface area contributed by atoms with Crippen molar-refractivity contribution in [2.24, 2.45) is 11.8 Å². The highest BCUT2D eigenvalue weighted by Crippen LogP contribution is 2.29. The summed E-state index contributed by atoms with van der Waals surface area (Å²) in [6.07, 6.45) is 1.42. The third-order valence-electron chi connectivity index (χ3n) is 3.19. The number of fused-ring (bicyclic) bond motifs is 1. The second-order valence-corrected chi connectivity index (χ2v) is 4.29. The average Bonchev–Trinajstić information content (AvgIpc) is 2.48. The van der Waals surface area contributed by atoms with Crippen molar-refractivity contribution < 1.29 is 0 Å². The second kappa shape index (κ2) is 6.41. The van der Waals surface area contributed by atoms with E-state index < -0.39 is 0 Å². The maximum Gasteiger partial charge on any atom is 0.00221 e. The molecule has 2 heteroatoms. The Morgan fingerprint density at radius 1 is 0.857 bits per heavy atom. The van der Waals surface area contributed by atoms with Gasteiger partial charge in [0.2, 0.25) is 0 Å². The highest BCUT2D eigenvalue weighted by molar-refractivity contribution is 4.87. The molecule has 2 rings (SSSR count). The average molecular weight is 200 g/mol. The lowest BCUT2D eigenvalue weighted by Crippen LogP contribution is -2.37. The van der Waals surface area contributed by atoms with E-state index in [0.717, 1.165) is 11.8 Å². The molecular formula is C12H28N2. The molecule has 0 spiro atoms. The Labute approximate surface area is 90.3 Å². The van der Waals surface area contributed by atoms with Gasteiger partial charge < -0.3 is 9.80 Å². The number of piperidine rings is 1. The molecule has 0 aliphatic carbocycles. The minimum atomic E-state index is 0. The third kappa shape index (κ3) is 3.25. The van der Waals surface area contributed by atoms with E-state index in [9.17, 15) is 0 Å². The molecule has 0 aromatic heterocycles. The Hall–Kier alpha value is -0.0800. The lowest BCUT2D eigenvalue weighted by Gasteiger charge is -2.31. The fraction of sp³-hybridized carbons (Fsp3) is 1.00. The first-order valence-corrected chi connectivity index (χ1v) is 5.63.